The Kier molecular flexibility index (Phi) is 5.34. The summed E-state index contributed by atoms with van der Waals surface area (Å²) in [7, 11) is -5.65. The van der Waals surface area contributed by atoms with Crippen LogP contribution in [0.15, 0.2) is 4.40 Å². The first kappa shape index (κ1) is 18.9. The molecule has 0 aromatic heterocycles. The van der Waals surface area contributed by atoms with E-state index in [1.165, 1.54) is 8.61 Å². The number of nitrogens with zero attached hydrogens (tertiary/aromatic N) is 3. The van der Waals surface area contributed by atoms with Crippen LogP contribution in [0.2, 0.25) is 0 Å². The first-order valence-electron chi connectivity index (χ1n) is 8.64. The molecule has 0 aromatic rings. The topological polar surface area (TPSA) is 70.0 Å². The van der Waals surface area contributed by atoms with Crippen molar-refractivity contribution >= 4 is 27.2 Å². The molecular formula is C14H22F3N3O3S2. The number of alkyl halides is 3. The molecule has 1 heterocycles. The van der Waals surface area contributed by atoms with Crippen molar-refractivity contribution in [3.63, 3.8) is 0 Å². The highest BCUT2D eigenvalue weighted by atomic mass is 32.2. The second-order valence-electron chi connectivity index (χ2n) is 6.78. The van der Waals surface area contributed by atoms with Gasteiger partial charge in [-0.25, -0.2) is 12.8 Å². The molecule has 25 heavy (non-hydrogen) atoms. The molecule has 0 atom stereocenters. The van der Waals surface area contributed by atoms with E-state index in [1.807, 2.05) is 0 Å². The molecule has 11 heteroatoms. The molecule has 144 valence electrons. The van der Waals surface area contributed by atoms with Crippen LogP contribution in [0.25, 0.3) is 0 Å². The number of sulfonamides is 1. The van der Waals surface area contributed by atoms with Gasteiger partial charge < -0.3 is 0 Å². The first-order valence-corrected chi connectivity index (χ1v) is 11.1. The lowest BCUT2D eigenvalue weighted by atomic mass is 9.94. The third-order valence-corrected chi connectivity index (χ3v) is 7.62. The molecule has 1 aliphatic heterocycles. The van der Waals surface area contributed by atoms with Crippen LogP contribution >= 0.6 is 0 Å². The lowest BCUT2D eigenvalue weighted by Crippen LogP contribution is -2.67. The average molecular weight is 401 g/mol. The van der Waals surface area contributed by atoms with Gasteiger partial charge in [-0.05, 0) is 25.7 Å². The predicted octanol–water partition coefficient (Wildman–Crippen LogP) is 3.05. The van der Waals surface area contributed by atoms with Crippen LogP contribution in [0.1, 0.15) is 64.2 Å². The first-order chi connectivity index (χ1) is 11.7. The maximum absolute atomic E-state index is 12.8. The fourth-order valence-electron chi connectivity index (χ4n) is 3.75. The van der Waals surface area contributed by atoms with Crippen molar-refractivity contribution in [3.8, 4) is 0 Å². The minimum Gasteiger partial charge on any atom is -0.239 e. The molecule has 6 nitrogen and oxygen atoms in total. The van der Waals surface area contributed by atoms with Crippen molar-refractivity contribution in [1.29, 1.82) is 0 Å². The second kappa shape index (κ2) is 7.05. The van der Waals surface area contributed by atoms with Crippen molar-refractivity contribution in [2.45, 2.75) is 81.8 Å². The van der Waals surface area contributed by atoms with Crippen LogP contribution in [0.4, 0.5) is 13.2 Å². The van der Waals surface area contributed by atoms with Gasteiger partial charge >= 0.3 is 15.5 Å². The summed E-state index contributed by atoms with van der Waals surface area (Å²) in [5.41, 5.74) is -5.45. The van der Waals surface area contributed by atoms with Gasteiger partial charge in [-0.3, -0.25) is 0 Å². The van der Waals surface area contributed by atoms with E-state index in [4.69, 9.17) is 0 Å². The molecule has 0 radical (unpaired) electrons. The summed E-state index contributed by atoms with van der Waals surface area (Å²) in [6.45, 7) is 0. The molecule has 1 saturated heterocycles. The quantitative estimate of drug-likeness (QED) is 0.730. The highest BCUT2D eigenvalue weighted by molar-refractivity contribution is 7.91. The van der Waals surface area contributed by atoms with Gasteiger partial charge in [0.25, 0.3) is 0 Å². The molecule has 0 amide bonds. The van der Waals surface area contributed by atoms with Crippen molar-refractivity contribution in [3.05, 3.63) is 0 Å². The summed E-state index contributed by atoms with van der Waals surface area (Å²) in [5.74, 6) is -0.283. The highest BCUT2D eigenvalue weighted by Crippen LogP contribution is 2.37. The van der Waals surface area contributed by atoms with Crippen LogP contribution in [0.3, 0.4) is 0 Å². The lowest BCUT2D eigenvalue weighted by Gasteiger charge is -2.51. The van der Waals surface area contributed by atoms with Gasteiger partial charge in [-0.2, -0.15) is 21.6 Å². The van der Waals surface area contributed by atoms with Crippen molar-refractivity contribution in [1.82, 2.24) is 8.61 Å². The molecule has 3 rings (SSSR count). The van der Waals surface area contributed by atoms with E-state index < -0.39 is 26.7 Å². The van der Waals surface area contributed by atoms with Crippen LogP contribution in [0, 0.1) is 0 Å². The molecule has 3 fully saturated rings. The number of guanidine groups is 1. The minimum atomic E-state index is -5.65. The van der Waals surface area contributed by atoms with Crippen LogP contribution in [-0.2, 0) is 21.2 Å². The summed E-state index contributed by atoms with van der Waals surface area (Å²) >= 11 is -1.65. The van der Waals surface area contributed by atoms with E-state index >= 15 is 0 Å². The Hall–Kier alpha value is -0.840. The zero-order chi connectivity index (χ0) is 18.2. The van der Waals surface area contributed by atoms with Gasteiger partial charge in [0.15, 0.2) is 0 Å². The van der Waals surface area contributed by atoms with E-state index in [-0.39, 0.29) is 18.0 Å². The Morgan fingerprint density at radius 1 is 0.880 bits per heavy atom. The van der Waals surface area contributed by atoms with E-state index in [2.05, 4.69) is 4.40 Å². The Morgan fingerprint density at radius 2 is 1.28 bits per heavy atom. The molecule has 2 aliphatic carbocycles. The third kappa shape index (κ3) is 3.67. The Labute approximate surface area is 148 Å². The summed E-state index contributed by atoms with van der Waals surface area (Å²) in [6, 6.07) is -0.423. The van der Waals surface area contributed by atoms with Crippen molar-refractivity contribution < 1.29 is 25.8 Å². The van der Waals surface area contributed by atoms with Crippen molar-refractivity contribution in [2.24, 2.45) is 4.40 Å². The fourth-order valence-corrected chi connectivity index (χ4v) is 5.89. The smallest absolute Gasteiger partial charge is 0.239 e. The minimum absolute atomic E-state index is 0.211. The molecule has 2 saturated carbocycles. The van der Waals surface area contributed by atoms with E-state index in [9.17, 15) is 25.8 Å². The highest BCUT2D eigenvalue weighted by Gasteiger charge is 2.53. The Bertz CT molecular complexity index is 624. The number of halogens is 3. The van der Waals surface area contributed by atoms with Gasteiger partial charge in [0.05, 0.1) is 0 Å². The molecule has 0 spiro atoms. The molecular weight excluding hydrogens is 379 g/mol. The summed E-state index contributed by atoms with van der Waals surface area (Å²) in [5, 5.41) is 0. The van der Waals surface area contributed by atoms with Crippen LogP contribution in [0.5, 0.6) is 0 Å². The third-order valence-electron chi connectivity index (χ3n) is 5.04. The monoisotopic (exact) mass is 401 g/mol. The largest absolute Gasteiger partial charge is 0.518 e. The van der Waals surface area contributed by atoms with E-state index in [0.717, 1.165) is 38.5 Å². The molecule has 0 aromatic carbocycles. The molecule has 0 N–H and O–H groups in total. The van der Waals surface area contributed by atoms with Gasteiger partial charge in [0.1, 0.15) is 0 Å². The maximum atomic E-state index is 12.8. The normalized spacial score (nSPS) is 27.3. The van der Waals surface area contributed by atoms with Crippen molar-refractivity contribution in [2.75, 3.05) is 0 Å². The Morgan fingerprint density at radius 3 is 1.64 bits per heavy atom. The molecule has 0 bridgehead atoms. The van der Waals surface area contributed by atoms with Gasteiger partial charge in [0.2, 0.25) is 17.1 Å². The fraction of sp³-hybridized carbons (Fsp3) is 0.929. The SMILES string of the molecule is O=S1N(C2CCCCC2)C(=NS(=O)(=O)C(F)(F)F)N1C1CCCCC1. The molecule has 0 unspecified atom stereocenters. The summed E-state index contributed by atoms with van der Waals surface area (Å²) in [4.78, 5) is 0. The average Bonchev–Trinajstić information content (AvgIpc) is 2.55. The number of rotatable bonds is 3. The predicted molar refractivity (Wildman–Crippen MR) is 88.0 cm³/mol. The van der Waals surface area contributed by atoms with Gasteiger partial charge in [-0.1, -0.05) is 38.5 Å². The molecule has 3 aliphatic rings. The van der Waals surface area contributed by atoms with Crippen LogP contribution < -0.4 is 0 Å². The number of hydrogen-bond donors (Lipinski definition) is 0. The zero-order valence-corrected chi connectivity index (χ0v) is 15.4. The van der Waals surface area contributed by atoms with Gasteiger partial charge in [-0.15, -0.1) is 4.40 Å². The number of hydrogen-bond acceptors (Lipinski definition) is 3. The summed E-state index contributed by atoms with van der Waals surface area (Å²) < 4.78 is 79.8. The summed E-state index contributed by atoms with van der Waals surface area (Å²) in [6.07, 6.45) is 8.37. The van der Waals surface area contributed by atoms with Gasteiger partial charge in [0, 0.05) is 12.1 Å². The second-order valence-corrected chi connectivity index (χ2v) is 9.62. The zero-order valence-electron chi connectivity index (χ0n) is 13.7. The van der Waals surface area contributed by atoms with E-state index in [0.29, 0.717) is 25.7 Å². The standard InChI is InChI=1S/C14H22F3N3O3S2/c15-14(16,17)25(22,23)18-13-19(11-7-3-1-4-8-11)24(21)20(13)12-9-5-2-6-10-12/h11-12H,1-10H2. The maximum Gasteiger partial charge on any atom is 0.518 e. The Balaban J connectivity index is 1.92. The lowest BCUT2D eigenvalue weighted by molar-refractivity contribution is -0.0436. The van der Waals surface area contributed by atoms with Crippen LogP contribution in [-0.4, -0.2) is 44.8 Å². The van der Waals surface area contributed by atoms with E-state index in [1.54, 1.807) is 0 Å².